The van der Waals surface area contributed by atoms with Gasteiger partial charge in [-0.15, -0.1) is 0 Å². The lowest BCUT2D eigenvalue weighted by Crippen LogP contribution is -2.26. The first kappa shape index (κ1) is 12.8. The number of nitrogens with one attached hydrogen (secondary N) is 1. The predicted octanol–water partition coefficient (Wildman–Crippen LogP) is 4.45. The van der Waals surface area contributed by atoms with Gasteiger partial charge in [0.05, 0.1) is 11.3 Å². The van der Waals surface area contributed by atoms with Crippen LogP contribution in [0.2, 0.25) is 0 Å². The molecule has 0 radical (unpaired) electrons. The lowest BCUT2D eigenvalue weighted by molar-refractivity contribution is -0.137. The van der Waals surface area contributed by atoms with Gasteiger partial charge in [-0.3, -0.25) is 0 Å². The van der Waals surface area contributed by atoms with Gasteiger partial charge in [0.1, 0.15) is 5.82 Å². The monoisotopic (exact) mass is 273 g/mol. The number of alkyl halides is 3. The van der Waals surface area contributed by atoms with Crippen LogP contribution in [0.25, 0.3) is 0 Å². The fourth-order valence-electron chi connectivity index (χ4n) is 3.43. The third-order valence-corrected chi connectivity index (χ3v) is 4.37. The van der Waals surface area contributed by atoms with Gasteiger partial charge in [-0.05, 0) is 49.3 Å². The molecule has 104 valence electrons. The average Bonchev–Trinajstić information content (AvgIpc) is 2.92. The van der Waals surface area contributed by atoms with Crippen LogP contribution in [0.3, 0.4) is 0 Å². The van der Waals surface area contributed by atoms with Crippen LogP contribution in [0.4, 0.5) is 23.2 Å². The minimum absolute atomic E-state index is 0.0209. The van der Waals surface area contributed by atoms with Crippen molar-refractivity contribution in [1.29, 1.82) is 0 Å². The highest BCUT2D eigenvalue weighted by Gasteiger charge is 2.40. The minimum Gasteiger partial charge on any atom is -0.380 e. The fourth-order valence-corrected chi connectivity index (χ4v) is 3.43. The number of anilines is 1. The molecule has 0 aliphatic heterocycles. The minimum atomic E-state index is -4.43. The van der Waals surface area contributed by atoms with E-state index in [1.165, 1.54) is 6.42 Å². The zero-order valence-electron chi connectivity index (χ0n) is 10.3. The van der Waals surface area contributed by atoms with Crippen LogP contribution in [0.5, 0.6) is 0 Å². The molecule has 2 aliphatic rings. The van der Waals surface area contributed by atoms with Gasteiger partial charge in [-0.1, -0.05) is 6.42 Å². The van der Waals surface area contributed by atoms with E-state index < -0.39 is 17.6 Å². The van der Waals surface area contributed by atoms with Gasteiger partial charge in [0, 0.05) is 6.04 Å². The molecule has 2 saturated carbocycles. The van der Waals surface area contributed by atoms with E-state index in [1.54, 1.807) is 0 Å². The van der Waals surface area contributed by atoms with E-state index in [2.05, 4.69) is 5.32 Å². The van der Waals surface area contributed by atoms with Crippen LogP contribution in [0.1, 0.15) is 31.2 Å². The Kier molecular flexibility index (Phi) is 2.95. The van der Waals surface area contributed by atoms with Crippen molar-refractivity contribution in [2.75, 3.05) is 5.32 Å². The van der Waals surface area contributed by atoms with Crippen LogP contribution in [-0.4, -0.2) is 6.04 Å². The number of fused-ring (bicyclic) bond motifs is 2. The zero-order chi connectivity index (χ0) is 13.6. The fraction of sp³-hybridized carbons (Fsp3) is 0.571. The van der Waals surface area contributed by atoms with E-state index in [9.17, 15) is 17.6 Å². The Morgan fingerprint density at radius 3 is 2.47 bits per heavy atom. The van der Waals surface area contributed by atoms with Crippen molar-refractivity contribution < 1.29 is 17.6 Å². The van der Waals surface area contributed by atoms with E-state index in [0.29, 0.717) is 11.8 Å². The quantitative estimate of drug-likeness (QED) is 0.785. The summed E-state index contributed by atoms with van der Waals surface area (Å²) in [6.07, 6.45) is -0.0613. The van der Waals surface area contributed by atoms with E-state index in [4.69, 9.17) is 0 Å². The Bertz CT molecular complexity index is 483. The van der Waals surface area contributed by atoms with Crippen molar-refractivity contribution in [1.82, 2.24) is 0 Å². The van der Waals surface area contributed by atoms with Gasteiger partial charge in [0.2, 0.25) is 0 Å². The Morgan fingerprint density at radius 2 is 1.89 bits per heavy atom. The molecule has 0 heterocycles. The van der Waals surface area contributed by atoms with Crippen molar-refractivity contribution >= 4 is 5.69 Å². The predicted molar refractivity (Wildman–Crippen MR) is 64.3 cm³/mol. The summed E-state index contributed by atoms with van der Waals surface area (Å²) >= 11 is 0. The molecule has 2 fully saturated rings. The van der Waals surface area contributed by atoms with E-state index in [-0.39, 0.29) is 11.7 Å². The van der Waals surface area contributed by atoms with Crippen LogP contribution < -0.4 is 5.32 Å². The summed E-state index contributed by atoms with van der Waals surface area (Å²) in [7, 11) is 0. The molecule has 3 unspecified atom stereocenters. The number of benzene rings is 1. The molecule has 3 rings (SSSR count). The van der Waals surface area contributed by atoms with Crippen LogP contribution in [-0.2, 0) is 6.18 Å². The second-order valence-corrected chi connectivity index (χ2v) is 5.62. The van der Waals surface area contributed by atoms with Gasteiger partial charge in [-0.2, -0.15) is 13.2 Å². The second kappa shape index (κ2) is 4.39. The Labute approximate surface area is 109 Å². The summed E-state index contributed by atoms with van der Waals surface area (Å²) in [6, 6.07) is 2.66. The summed E-state index contributed by atoms with van der Waals surface area (Å²) in [4.78, 5) is 0. The van der Waals surface area contributed by atoms with Gasteiger partial charge < -0.3 is 5.32 Å². The average molecular weight is 273 g/mol. The lowest BCUT2D eigenvalue weighted by Gasteiger charge is -2.24. The second-order valence-electron chi connectivity index (χ2n) is 5.62. The number of hydrogen-bond donors (Lipinski definition) is 1. The molecule has 1 aromatic carbocycles. The molecule has 19 heavy (non-hydrogen) atoms. The first-order valence-corrected chi connectivity index (χ1v) is 6.57. The molecule has 0 saturated heterocycles. The summed E-state index contributed by atoms with van der Waals surface area (Å²) in [5.74, 6) is 0.533. The molecule has 1 aromatic rings. The number of halogens is 4. The summed E-state index contributed by atoms with van der Waals surface area (Å²) in [6.45, 7) is 0. The number of hydrogen-bond acceptors (Lipinski definition) is 1. The van der Waals surface area contributed by atoms with Gasteiger partial charge in [0.15, 0.2) is 0 Å². The summed E-state index contributed by atoms with van der Waals surface area (Å²) in [5.41, 5.74) is -0.827. The Balaban J connectivity index is 1.80. The molecule has 1 N–H and O–H groups in total. The molecule has 0 spiro atoms. The van der Waals surface area contributed by atoms with Crippen LogP contribution in [0.15, 0.2) is 18.2 Å². The van der Waals surface area contributed by atoms with Gasteiger partial charge >= 0.3 is 6.18 Å². The zero-order valence-corrected chi connectivity index (χ0v) is 10.3. The molecule has 5 heteroatoms. The smallest absolute Gasteiger partial charge is 0.380 e. The van der Waals surface area contributed by atoms with E-state index >= 15 is 0 Å². The third kappa shape index (κ3) is 2.42. The standard InChI is InChI=1S/C14H15F4N/c15-11-4-3-10(14(16,17)18)7-13(11)19-12-6-8-1-2-9(12)5-8/h3-4,7-9,12,19H,1-2,5-6H2. The SMILES string of the molecule is Fc1ccc(C(F)(F)F)cc1NC1CC2CCC1C2. The third-order valence-electron chi connectivity index (χ3n) is 4.37. The maximum atomic E-state index is 13.6. The maximum absolute atomic E-state index is 13.6. The number of rotatable bonds is 2. The largest absolute Gasteiger partial charge is 0.416 e. The summed E-state index contributed by atoms with van der Waals surface area (Å²) in [5, 5.41) is 2.98. The first-order valence-electron chi connectivity index (χ1n) is 6.57. The highest BCUT2D eigenvalue weighted by Crippen LogP contribution is 2.46. The highest BCUT2D eigenvalue weighted by molar-refractivity contribution is 5.49. The molecule has 1 nitrogen and oxygen atoms in total. The van der Waals surface area contributed by atoms with Crippen molar-refractivity contribution in [2.45, 2.75) is 37.9 Å². The molecule has 2 aliphatic carbocycles. The summed E-state index contributed by atoms with van der Waals surface area (Å²) < 4.78 is 51.5. The molecule has 0 aromatic heterocycles. The van der Waals surface area contributed by atoms with Gasteiger partial charge in [0.25, 0.3) is 0 Å². The first-order chi connectivity index (χ1) is 8.93. The van der Waals surface area contributed by atoms with E-state index in [1.807, 2.05) is 0 Å². The van der Waals surface area contributed by atoms with Gasteiger partial charge in [-0.25, -0.2) is 4.39 Å². The Hall–Kier alpha value is -1.26. The van der Waals surface area contributed by atoms with Crippen molar-refractivity contribution in [3.63, 3.8) is 0 Å². The van der Waals surface area contributed by atoms with Crippen molar-refractivity contribution in [3.05, 3.63) is 29.6 Å². The Morgan fingerprint density at radius 1 is 1.11 bits per heavy atom. The highest BCUT2D eigenvalue weighted by atomic mass is 19.4. The van der Waals surface area contributed by atoms with Crippen LogP contribution >= 0.6 is 0 Å². The lowest BCUT2D eigenvalue weighted by atomic mass is 9.95. The maximum Gasteiger partial charge on any atom is 0.416 e. The van der Waals surface area contributed by atoms with E-state index in [0.717, 1.165) is 37.5 Å². The molecule has 2 bridgehead atoms. The molecular formula is C14H15F4N. The normalized spacial score (nSPS) is 29.8. The van der Waals surface area contributed by atoms with Crippen molar-refractivity contribution in [2.24, 2.45) is 11.8 Å². The van der Waals surface area contributed by atoms with Crippen molar-refractivity contribution in [3.8, 4) is 0 Å². The molecule has 3 atom stereocenters. The molecule has 0 amide bonds. The topological polar surface area (TPSA) is 12.0 Å². The molecular weight excluding hydrogens is 258 g/mol. The van der Waals surface area contributed by atoms with Crippen LogP contribution in [0, 0.1) is 17.7 Å².